The maximum atomic E-state index is 5.35. The van der Waals surface area contributed by atoms with Gasteiger partial charge in [0, 0.05) is 12.0 Å². The van der Waals surface area contributed by atoms with Crippen LogP contribution in [0.5, 0.6) is 5.75 Å². The molecule has 3 rings (SSSR count). The van der Waals surface area contributed by atoms with E-state index in [0.29, 0.717) is 0 Å². The Kier molecular flexibility index (Phi) is 4.48. The van der Waals surface area contributed by atoms with E-state index in [4.69, 9.17) is 4.74 Å². The van der Waals surface area contributed by atoms with Gasteiger partial charge in [-0.25, -0.2) is 0 Å². The van der Waals surface area contributed by atoms with Gasteiger partial charge in [-0.1, -0.05) is 42.9 Å². The zero-order valence-corrected chi connectivity index (χ0v) is 13.5. The summed E-state index contributed by atoms with van der Waals surface area (Å²) >= 11 is 1.53. The molecular weight excluding hydrogens is 296 g/mol. The third-order valence-corrected chi connectivity index (χ3v) is 4.23. The SMILES string of the molecule is CCCCc1nnc2sc(C=Cc3ccccc3OC)nn12. The molecular formula is C16H18N4OS. The Morgan fingerprint density at radius 3 is 2.91 bits per heavy atom. The van der Waals surface area contributed by atoms with E-state index in [1.807, 2.05) is 40.9 Å². The highest BCUT2D eigenvalue weighted by Gasteiger charge is 2.09. The number of rotatable bonds is 6. The second kappa shape index (κ2) is 6.70. The predicted octanol–water partition coefficient (Wildman–Crippen LogP) is 3.71. The lowest BCUT2D eigenvalue weighted by atomic mass is 10.2. The molecule has 0 N–H and O–H groups in total. The first kappa shape index (κ1) is 14.7. The minimum absolute atomic E-state index is 0.839. The van der Waals surface area contributed by atoms with Crippen LogP contribution in [0.25, 0.3) is 17.1 Å². The lowest BCUT2D eigenvalue weighted by Crippen LogP contribution is -1.95. The fraction of sp³-hybridized carbons (Fsp3) is 0.312. The average molecular weight is 314 g/mol. The molecule has 5 nitrogen and oxygen atoms in total. The fourth-order valence-corrected chi connectivity index (χ4v) is 2.96. The summed E-state index contributed by atoms with van der Waals surface area (Å²) < 4.78 is 7.19. The van der Waals surface area contributed by atoms with Crippen LogP contribution in [-0.2, 0) is 6.42 Å². The van der Waals surface area contributed by atoms with Gasteiger partial charge in [0.1, 0.15) is 10.8 Å². The molecule has 0 bridgehead atoms. The van der Waals surface area contributed by atoms with Gasteiger partial charge in [-0.3, -0.25) is 0 Å². The molecule has 0 fully saturated rings. The lowest BCUT2D eigenvalue weighted by molar-refractivity contribution is 0.414. The Hall–Kier alpha value is -2.21. The lowest BCUT2D eigenvalue weighted by Gasteiger charge is -2.02. The highest BCUT2D eigenvalue weighted by atomic mass is 32.1. The molecule has 3 aromatic rings. The van der Waals surface area contributed by atoms with E-state index >= 15 is 0 Å². The van der Waals surface area contributed by atoms with Crippen molar-refractivity contribution in [1.82, 2.24) is 19.8 Å². The van der Waals surface area contributed by atoms with Gasteiger partial charge in [-0.15, -0.1) is 10.2 Å². The van der Waals surface area contributed by atoms with E-state index in [-0.39, 0.29) is 0 Å². The number of aryl methyl sites for hydroxylation is 1. The van der Waals surface area contributed by atoms with Crippen molar-refractivity contribution < 1.29 is 4.74 Å². The molecule has 0 unspecified atom stereocenters. The fourth-order valence-electron chi connectivity index (χ4n) is 2.20. The standard InChI is InChI=1S/C16H18N4OS/c1-3-4-9-14-17-18-16-20(14)19-15(22-16)11-10-12-7-5-6-8-13(12)21-2/h5-8,10-11H,3-4,9H2,1-2H3. The van der Waals surface area contributed by atoms with Crippen molar-refractivity contribution in [1.29, 1.82) is 0 Å². The molecule has 0 saturated heterocycles. The van der Waals surface area contributed by atoms with Crippen LogP contribution in [0.3, 0.4) is 0 Å². The van der Waals surface area contributed by atoms with Crippen LogP contribution >= 0.6 is 11.3 Å². The van der Waals surface area contributed by atoms with Crippen LogP contribution in [-0.4, -0.2) is 26.9 Å². The second-order valence-corrected chi connectivity index (χ2v) is 5.92. The Balaban J connectivity index is 1.84. The normalized spacial score (nSPS) is 11.5. The van der Waals surface area contributed by atoms with Crippen LogP contribution < -0.4 is 4.74 Å². The summed E-state index contributed by atoms with van der Waals surface area (Å²) in [4.78, 5) is 0.839. The van der Waals surface area contributed by atoms with Crippen molar-refractivity contribution in [3.63, 3.8) is 0 Å². The molecule has 22 heavy (non-hydrogen) atoms. The Bertz CT molecular complexity index is 790. The minimum Gasteiger partial charge on any atom is -0.496 e. The molecule has 2 heterocycles. The maximum Gasteiger partial charge on any atom is 0.234 e. The number of methoxy groups -OCH3 is 1. The zero-order chi connectivity index (χ0) is 15.4. The quantitative estimate of drug-likeness (QED) is 0.696. The van der Waals surface area contributed by atoms with Gasteiger partial charge in [0.2, 0.25) is 4.96 Å². The van der Waals surface area contributed by atoms with E-state index in [1.54, 1.807) is 7.11 Å². The summed E-state index contributed by atoms with van der Waals surface area (Å²) in [6, 6.07) is 7.91. The van der Waals surface area contributed by atoms with Gasteiger partial charge in [0.25, 0.3) is 0 Å². The van der Waals surface area contributed by atoms with Crippen LogP contribution in [0, 0.1) is 0 Å². The smallest absolute Gasteiger partial charge is 0.234 e. The summed E-state index contributed by atoms with van der Waals surface area (Å²) in [5.41, 5.74) is 1.03. The van der Waals surface area contributed by atoms with E-state index < -0.39 is 0 Å². The maximum absolute atomic E-state index is 5.35. The molecule has 1 aromatic carbocycles. The Morgan fingerprint density at radius 2 is 2.09 bits per heavy atom. The number of nitrogens with zero attached hydrogens (tertiary/aromatic N) is 4. The monoisotopic (exact) mass is 314 g/mol. The molecule has 0 saturated carbocycles. The van der Waals surface area contributed by atoms with Crippen LogP contribution in [0.1, 0.15) is 36.2 Å². The third kappa shape index (κ3) is 3.01. The molecule has 0 amide bonds. The van der Waals surface area contributed by atoms with E-state index in [0.717, 1.165) is 46.4 Å². The summed E-state index contributed by atoms with van der Waals surface area (Å²) in [7, 11) is 1.68. The highest BCUT2D eigenvalue weighted by molar-refractivity contribution is 7.17. The Morgan fingerprint density at radius 1 is 1.23 bits per heavy atom. The topological polar surface area (TPSA) is 52.3 Å². The van der Waals surface area contributed by atoms with E-state index in [2.05, 4.69) is 22.2 Å². The number of ether oxygens (including phenoxy) is 1. The summed E-state index contributed by atoms with van der Waals surface area (Å²) in [5, 5.41) is 13.9. The summed E-state index contributed by atoms with van der Waals surface area (Å²) in [6.45, 7) is 2.17. The van der Waals surface area contributed by atoms with Crippen molar-refractivity contribution in [2.24, 2.45) is 0 Å². The molecule has 2 aromatic heterocycles. The number of aromatic nitrogens is 4. The van der Waals surface area contributed by atoms with Crippen LogP contribution in [0.4, 0.5) is 0 Å². The van der Waals surface area contributed by atoms with Crippen molar-refractivity contribution in [3.8, 4) is 5.75 Å². The number of para-hydroxylation sites is 1. The van der Waals surface area contributed by atoms with Gasteiger partial charge < -0.3 is 4.74 Å². The van der Waals surface area contributed by atoms with Crippen molar-refractivity contribution in [2.75, 3.05) is 7.11 Å². The second-order valence-electron chi connectivity index (χ2n) is 4.93. The summed E-state index contributed by atoms with van der Waals surface area (Å²) in [6.07, 6.45) is 7.15. The van der Waals surface area contributed by atoms with Crippen LogP contribution in [0.2, 0.25) is 0 Å². The molecule has 6 heteroatoms. The Labute approximate surface area is 133 Å². The van der Waals surface area contributed by atoms with Gasteiger partial charge in [0.15, 0.2) is 5.82 Å². The van der Waals surface area contributed by atoms with Gasteiger partial charge >= 0.3 is 0 Å². The summed E-state index contributed by atoms with van der Waals surface area (Å²) in [5.74, 6) is 1.79. The van der Waals surface area contributed by atoms with E-state index in [9.17, 15) is 0 Å². The minimum atomic E-state index is 0.839. The molecule has 114 valence electrons. The van der Waals surface area contributed by atoms with Gasteiger partial charge in [-0.05, 0) is 24.6 Å². The van der Waals surface area contributed by atoms with E-state index in [1.165, 1.54) is 11.3 Å². The molecule has 0 aliphatic carbocycles. The van der Waals surface area contributed by atoms with Crippen molar-refractivity contribution >= 4 is 28.4 Å². The van der Waals surface area contributed by atoms with Crippen LogP contribution in [0.15, 0.2) is 24.3 Å². The third-order valence-electron chi connectivity index (χ3n) is 3.37. The molecule has 0 atom stereocenters. The van der Waals surface area contributed by atoms with Crippen molar-refractivity contribution in [2.45, 2.75) is 26.2 Å². The highest BCUT2D eigenvalue weighted by Crippen LogP contribution is 2.22. The number of fused-ring (bicyclic) bond motifs is 1. The zero-order valence-electron chi connectivity index (χ0n) is 12.7. The van der Waals surface area contributed by atoms with Gasteiger partial charge in [0.05, 0.1) is 7.11 Å². The largest absolute Gasteiger partial charge is 0.496 e. The predicted molar refractivity (Wildman–Crippen MR) is 89.2 cm³/mol. The number of hydrogen-bond acceptors (Lipinski definition) is 5. The number of hydrogen-bond donors (Lipinski definition) is 0. The molecule has 0 spiro atoms. The number of benzene rings is 1. The molecule has 0 aliphatic rings. The van der Waals surface area contributed by atoms with Crippen molar-refractivity contribution in [3.05, 3.63) is 40.7 Å². The number of unbranched alkanes of at least 4 members (excludes halogenated alkanes) is 1. The average Bonchev–Trinajstić information content (AvgIpc) is 3.11. The first-order valence-corrected chi connectivity index (χ1v) is 8.15. The first-order chi connectivity index (χ1) is 10.8. The van der Waals surface area contributed by atoms with Gasteiger partial charge in [-0.2, -0.15) is 9.61 Å². The molecule has 0 radical (unpaired) electrons. The molecule has 0 aliphatic heterocycles. The first-order valence-electron chi connectivity index (χ1n) is 7.34.